The topological polar surface area (TPSA) is 91.6 Å². The lowest BCUT2D eigenvalue weighted by atomic mass is 9.94. The van der Waals surface area contributed by atoms with Gasteiger partial charge in [0.25, 0.3) is 5.91 Å². The minimum Gasteiger partial charge on any atom is -0.472 e. The molecule has 0 aliphatic carbocycles. The van der Waals surface area contributed by atoms with E-state index in [-0.39, 0.29) is 18.4 Å². The highest BCUT2D eigenvalue weighted by Crippen LogP contribution is 2.13. The maximum Gasteiger partial charge on any atom is 0.255 e. The molecule has 0 saturated carbocycles. The third-order valence-corrected chi connectivity index (χ3v) is 3.39. The van der Waals surface area contributed by atoms with Crippen LogP contribution in [-0.2, 0) is 4.79 Å². The third-order valence-electron chi connectivity index (χ3n) is 3.39. The van der Waals surface area contributed by atoms with Crippen molar-refractivity contribution in [3.8, 4) is 0 Å². The molecule has 3 N–H and O–H groups in total. The van der Waals surface area contributed by atoms with E-state index in [1.165, 1.54) is 18.6 Å². The lowest BCUT2D eigenvalue weighted by molar-refractivity contribution is -0.124. The highest BCUT2D eigenvalue weighted by atomic mass is 16.3. The Morgan fingerprint density at radius 3 is 2.70 bits per heavy atom. The molecule has 6 heteroatoms. The second-order valence-corrected chi connectivity index (χ2v) is 5.08. The lowest BCUT2D eigenvalue weighted by Crippen LogP contribution is -2.53. The van der Waals surface area contributed by atoms with Crippen LogP contribution < -0.4 is 10.6 Å². The molecule has 0 bridgehead atoms. The molecule has 1 aromatic heterocycles. The van der Waals surface area contributed by atoms with E-state index in [2.05, 4.69) is 10.6 Å². The first-order valence-corrected chi connectivity index (χ1v) is 6.68. The summed E-state index contributed by atoms with van der Waals surface area (Å²) in [7, 11) is 0. The van der Waals surface area contributed by atoms with Crippen molar-refractivity contribution in [2.24, 2.45) is 0 Å². The number of furan rings is 1. The summed E-state index contributed by atoms with van der Waals surface area (Å²) in [5.74, 6) is -0.638. The van der Waals surface area contributed by atoms with Gasteiger partial charge in [-0.2, -0.15) is 0 Å². The Labute approximate surface area is 118 Å². The molecule has 6 nitrogen and oxygen atoms in total. The minimum atomic E-state index is -0.665. The number of carbonyl (C=O) groups excluding carboxylic acids is 2. The monoisotopic (exact) mass is 282 g/mol. The van der Waals surface area contributed by atoms with E-state index in [1.54, 1.807) is 6.92 Å². The maximum atomic E-state index is 12.1. The molecule has 2 atom stereocenters. The number of hydrogen-bond donors (Lipinski definition) is 3. The number of aliphatic hydroxyl groups excluding tert-OH is 1. The summed E-state index contributed by atoms with van der Waals surface area (Å²) in [4.78, 5) is 23.9. The van der Waals surface area contributed by atoms with Crippen LogP contribution in [0.25, 0.3) is 0 Å². The number of aliphatic hydroxyl groups is 1. The Hall–Kier alpha value is -1.82. The predicted molar refractivity (Wildman–Crippen MR) is 74.2 cm³/mol. The molecule has 0 aliphatic rings. The number of amides is 2. The van der Waals surface area contributed by atoms with Gasteiger partial charge in [-0.15, -0.1) is 0 Å². The van der Waals surface area contributed by atoms with Crippen LogP contribution in [0.3, 0.4) is 0 Å². The van der Waals surface area contributed by atoms with Gasteiger partial charge in [0.05, 0.1) is 11.8 Å². The molecule has 2 unspecified atom stereocenters. The van der Waals surface area contributed by atoms with Crippen LogP contribution in [0.4, 0.5) is 0 Å². The molecule has 1 heterocycles. The van der Waals surface area contributed by atoms with E-state index in [4.69, 9.17) is 9.52 Å². The SMILES string of the molecule is CCC(C)(CCO)NC(=O)C(C)NC(=O)c1ccoc1. The lowest BCUT2D eigenvalue weighted by Gasteiger charge is -2.30. The van der Waals surface area contributed by atoms with Gasteiger partial charge in [-0.3, -0.25) is 9.59 Å². The van der Waals surface area contributed by atoms with Gasteiger partial charge < -0.3 is 20.2 Å². The van der Waals surface area contributed by atoms with Gasteiger partial charge in [-0.25, -0.2) is 0 Å². The van der Waals surface area contributed by atoms with Crippen molar-refractivity contribution in [1.29, 1.82) is 0 Å². The van der Waals surface area contributed by atoms with Crippen LogP contribution in [0.15, 0.2) is 23.0 Å². The standard InChI is InChI=1S/C14H22N2O4/c1-4-14(3,6-7-17)16-12(18)10(2)15-13(19)11-5-8-20-9-11/h5,8-10,17H,4,6-7H2,1-3H3,(H,15,19)(H,16,18). The fraction of sp³-hybridized carbons (Fsp3) is 0.571. The zero-order chi connectivity index (χ0) is 15.2. The molecule has 0 fully saturated rings. The van der Waals surface area contributed by atoms with Crippen LogP contribution in [-0.4, -0.2) is 35.1 Å². The molecular formula is C14H22N2O4. The van der Waals surface area contributed by atoms with Crippen molar-refractivity contribution in [3.05, 3.63) is 24.2 Å². The quantitative estimate of drug-likeness (QED) is 0.697. The summed E-state index contributed by atoms with van der Waals surface area (Å²) in [5, 5.41) is 14.5. The number of carbonyl (C=O) groups is 2. The van der Waals surface area contributed by atoms with Crippen LogP contribution in [0, 0.1) is 0 Å². The fourth-order valence-corrected chi connectivity index (χ4v) is 1.72. The first-order chi connectivity index (χ1) is 9.41. The molecule has 1 aromatic rings. The van der Waals surface area contributed by atoms with Crippen molar-refractivity contribution in [3.63, 3.8) is 0 Å². The normalized spacial score (nSPS) is 15.2. The average Bonchev–Trinajstić information content (AvgIpc) is 2.92. The molecule has 0 radical (unpaired) electrons. The summed E-state index contributed by atoms with van der Waals surface area (Å²) in [6, 6.07) is 0.865. The molecule has 112 valence electrons. The van der Waals surface area contributed by atoms with Gasteiger partial charge in [0.1, 0.15) is 12.3 Å². The average molecular weight is 282 g/mol. The Bertz CT molecular complexity index is 444. The Morgan fingerprint density at radius 1 is 1.50 bits per heavy atom. The van der Waals surface area contributed by atoms with Crippen LogP contribution in [0.5, 0.6) is 0 Å². The summed E-state index contributed by atoms with van der Waals surface area (Å²) in [6.07, 6.45) is 3.89. The van der Waals surface area contributed by atoms with E-state index in [0.717, 1.165) is 0 Å². The first kappa shape index (κ1) is 16.2. The van der Waals surface area contributed by atoms with Crippen LogP contribution in [0.1, 0.15) is 44.0 Å². The molecule has 0 saturated heterocycles. The highest BCUT2D eigenvalue weighted by Gasteiger charge is 2.26. The van der Waals surface area contributed by atoms with E-state index >= 15 is 0 Å². The molecule has 20 heavy (non-hydrogen) atoms. The summed E-state index contributed by atoms with van der Waals surface area (Å²) < 4.78 is 4.82. The first-order valence-electron chi connectivity index (χ1n) is 6.68. The fourth-order valence-electron chi connectivity index (χ4n) is 1.72. The second-order valence-electron chi connectivity index (χ2n) is 5.08. The van der Waals surface area contributed by atoms with Crippen molar-refractivity contribution >= 4 is 11.8 Å². The zero-order valence-corrected chi connectivity index (χ0v) is 12.1. The Morgan fingerprint density at radius 2 is 2.20 bits per heavy atom. The van der Waals surface area contributed by atoms with Crippen molar-refractivity contribution in [2.45, 2.75) is 45.2 Å². The molecule has 2 amide bonds. The maximum absolute atomic E-state index is 12.1. The summed E-state index contributed by atoms with van der Waals surface area (Å²) >= 11 is 0. The Kier molecular flexibility index (Phi) is 5.76. The van der Waals surface area contributed by atoms with Crippen LogP contribution >= 0.6 is 0 Å². The van der Waals surface area contributed by atoms with Gasteiger partial charge in [-0.05, 0) is 32.8 Å². The molecule has 0 aliphatic heterocycles. The largest absolute Gasteiger partial charge is 0.472 e. The van der Waals surface area contributed by atoms with Gasteiger partial charge in [0, 0.05) is 12.1 Å². The Balaban J connectivity index is 2.56. The zero-order valence-electron chi connectivity index (χ0n) is 12.1. The second kappa shape index (κ2) is 7.09. The van der Waals surface area contributed by atoms with Gasteiger partial charge in [0.2, 0.25) is 5.91 Å². The number of nitrogens with one attached hydrogen (secondary N) is 2. The van der Waals surface area contributed by atoms with Crippen molar-refractivity contribution in [1.82, 2.24) is 10.6 Å². The van der Waals surface area contributed by atoms with E-state index in [1.807, 2.05) is 13.8 Å². The van der Waals surface area contributed by atoms with Crippen LogP contribution in [0.2, 0.25) is 0 Å². The van der Waals surface area contributed by atoms with Gasteiger partial charge in [-0.1, -0.05) is 6.92 Å². The summed E-state index contributed by atoms with van der Waals surface area (Å²) in [5.41, 5.74) is -0.0984. The number of hydrogen-bond acceptors (Lipinski definition) is 4. The summed E-state index contributed by atoms with van der Waals surface area (Å²) in [6.45, 7) is 5.42. The van der Waals surface area contributed by atoms with E-state index in [9.17, 15) is 9.59 Å². The highest BCUT2D eigenvalue weighted by molar-refractivity contribution is 5.97. The number of rotatable bonds is 7. The smallest absolute Gasteiger partial charge is 0.255 e. The van der Waals surface area contributed by atoms with E-state index in [0.29, 0.717) is 18.4 Å². The van der Waals surface area contributed by atoms with E-state index < -0.39 is 11.6 Å². The van der Waals surface area contributed by atoms with Crippen molar-refractivity contribution < 1.29 is 19.1 Å². The molecule has 0 aromatic carbocycles. The molecule has 0 spiro atoms. The van der Waals surface area contributed by atoms with Crippen molar-refractivity contribution in [2.75, 3.05) is 6.61 Å². The minimum absolute atomic E-state index is 0.000377. The molecular weight excluding hydrogens is 260 g/mol. The van der Waals surface area contributed by atoms with Gasteiger partial charge in [0.15, 0.2) is 0 Å². The van der Waals surface area contributed by atoms with Gasteiger partial charge >= 0.3 is 0 Å². The molecule has 1 rings (SSSR count). The predicted octanol–water partition coefficient (Wildman–Crippen LogP) is 1.07. The third kappa shape index (κ3) is 4.38.